The number of rotatable bonds is 7. The minimum atomic E-state index is -0.499. The van der Waals surface area contributed by atoms with Crippen LogP contribution in [0.15, 0.2) is 24.4 Å². The molecule has 0 spiro atoms. The molecule has 1 N–H and O–H groups in total. The van der Waals surface area contributed by atoms with Crippen LogP contribution < -0.4 is 10.1 Å². The fourth-order valence-corrected chi connectivity index (χ4v) is 3.73. The Morgan fingerprint density at radius 2 is 2.00 bits per heavy atom. The van der Waals surface area contributed by atoms with Crippen molar-refractivity contribution in [1.82, 2.24) is 9.97 Å². The Kier molecular flexibility index (Phi) is 5.94. The second-order valence-corrected chi connectivity index (χ2v) is 7.43. The number of carbonyl (C=O) groups is 1. The maximum absolute atomic E-state index is 12.3. The zero-order valence-electron chi connectivity index (χ0n) is 16.9. The van der Waals surface area contributed by atoms with Gasteiger partial charge >= 0.3 is 5.97 Å². The summed E-state index contributed by atoms with van der Waals surface area (Å²) in [5.74, 6) is 1.46. The first-order valence-electron chi connectivity index (χ1n) is 10.3. The molecule has 2 heterocycles. The third-order valence-electron chi connectivity index (χ3n) is 5.41. The van der Waals surface area contributed by atoms with Crippen molar-refractivity contribution in [3.05, 3.63) is 41.3 Å². The molecular formula is C22H27N3O4. The first-order valence-corrected chi connectivity index (χ1v) is 10.3. The molecule has 1 saturated carbocycles. The number of anilines is 2. The molecule has 1 aromatic heterocycles. The average molecular weight is 397 g/mol. The molecular weight excluding hydrogens is 370 g/mol. The van der Waals surface area contributed by atoms with E-state index in [4.69, 9.17) is 14.2 Å². The second kappa shape index (κ2) is 8.78. The Morgan fingerprint density at radius 1 is 1.21 bits per heavy atom. The van der Waals surface area contributed by atoms with Gasteiger partial charge in [-0.3, -0.25) is 0 Å². The highest BCUT2D eigenvalue weighted by Gasteiger charge is 2.28. The molecule has 2 aromatic rings. The maximum Gasteiger partial charge on any atom is 0.360 e. The normalized spacial score (nSPS) is 17.0. The number of benzene rings is 1. The molecule has 29 heavy (non-hydrogen) atoms. The van der Waals surface area contributed by atoms with Crippen molar-refractivity contribution in [3.8, 4) is 5.75 Å². The van der Waals surface area contributed by atoms with E-state index in [0.29, 0.717) is 24.3 Å². The van der Waals surface area contributed by atoms with Crippen molar-refractivity contribution in [2.24, 2.45) is 0 Å². The van der Waals surface area contributed by atoms with Gasteiger partial charge in [0.05, 0.1) is 31.3 Å². The first-order chi connectivity index (χ1) is 14.2. The number of hydrogen-bond acceptors (Lipinski definition) is 7. The number of nitrogens with one attached hydrogen (secondary N) is 1. The summed E-state index contributed by atoms with van der Waals surface area (Å²) in [7, 11) is 1.36. The van der Waals surface area contributed by atoms with Crippen molar-refractivity contribution in [3.63, 3.8) is 0 Å². The van der Waals surface area contributed by atoms with Crippen LogP contribution in [0.3, 0.4) is 0 Å². The number of para-hydroxylation sites is 1. The van der Waals surface area contributed by atoms with Crippen molar-refractivity contribution in [2.75, 3.05) is 32.2 Å². The molecule has 4 rings (SSSR count). The SMILES string of the molecule is CCOc1c(Nc2ncc(C3CC3)nc2C(=O)OC)cccc1C1CCOCC1. The highest BCUT2D eigenvalue weighted by atomic mass is 16.5. The van der Waals surface area contributed by atoms with Crippen molar-refractivity contribution >= 4 is 17.5 Å². The summed E-state index contributed by atoms with van der Waals surface area (Å²) in [4.78, 5) is 21.4. The largest absolute Gasteiger partial charge is 0.491 e. The lowest BCUT2D eigenvalue weighted by Crippen LogP contribution is -2.16. The van der Waals surface area contributed by atoms with E-state index in [1.54, 1.807) is 6.20 Å². The topological polar surface area (TPSA) is 82.6 Å². The highest BCUT2D eigenvalue weighted by Crippen LogP contribution is 2.41. The molecule has 0 amide bonds. The van der Waals surface area contributed by atoms with Gasteiger partial charge in [-0.15, -0.1) is 0 Å². The number of hydrogen-bond donors (Lipinski definition) is 1. The summed E-state index contributed by atoms with van der Waals surface area (Å²) in [6.07, 6.45) is 5.85. The van der Waals surface area contributed by atoms with Crippen LogP contribution in [0.5, 0.6) is 5.75 Å². The molecule has 1 aromatic carbocycles. The predicted octanol–water partition coefficient (Wildman–Crippen LogP) is 4.18. The highest BCUT2D eigenvalue weighted by molar-refractivity contribution is 5.93. The number of ether oxygens (including phenoxy) is 3. The van der Waals surface area contributed by atoms with Gasteiger partial charge in [0.2, 0.25) is 0 Å². The zero-order valence-corrected chi connectivity index (χ0v) is 16.9. The lowest BCUT2D eigenvalue weighted by molar-refractivity contribution is 0.0594. The van der Waals surface area contributed by atoms with Crippen LogP contribution in [0.2, 0.25) is 0 Å². The van der Waals surface area contributed by atoms with Gasteiger partial charge in [-0.2, -0.15) is 0 Å². The van der Waals surface area contributed by atoms with E-state index in [1.165, 1.54) is 7.11 Å². The van der Waals surface area contributed by atoms with Crippen LogP contribution >= 0.6 is 0 Å². The number of carbonyl (C=O) groups excluding carboxylic acids is 1. The fourth-order valence-electron chi connectivity index (χ4n) is 3.73. The molecule has 0 radical (unpaired) electrons. The van der Waals surface area contributed by atoms with Gasteiger partial charge in [-0.05, 0) is 50.2 Å². The van der Waals surface area contributed by atoms with E-state index in [1.807, 2.05) is 19.1 Å². The fraction of sp³-hybridized carbons (Fsp3) is 0.500. The van der Waals surface area contributed by atoms with Crippen LogP contribution in [-0.4, -0.2) is 42.9 Å². The Balaban J connectivity index is 1.69. The summed E-state index contributed by atoms with van der Waals surface area (Å²) in [6, 6.07) is 6.04. The number of methoxy groups -OCH3 is 1. The van der Waals surface area contributed by atoms with Gasteiger partial charge in [0.25, 0.3) is 0 Å². The maximum atomic E-state index is 12.3. The molecule has 2 fully saturated rings. The van der Waals surface area contributed by atoms with E-state index in [-0.39, 0.29) is 5.69 Å². The minimum Gasteiger partial charge on any atom is -0.491 e. The summed E-state index contributed by atoms with van der Waals surface area (Å²) >= 11 is 0. The molecule has 7 nitrogen and oxygen atoms in total. The summed E-state index contributed by atoms with van der Waals surface area (Å²) in [6.45, 7) is 4.03. The smallest absolute Gasteiger partial charge is 0.360 e. The van der Waals surface area contributed by atoms with Crippen LogP contribution in [0.4, 0.5) is 11.5 Å². The van der Waals surface area contributed by atoms with Crippen LogP contribution in [-0.2, 0) is 9.47 Å². The zero-order chi connectivity index (χ0) is 20.2. The summed E-state index contributed by atoms with van der Waals surface area (Å²) in [5.41, 5.74) is 2.98. The summed E-state index contributed by atoms with van der Waals surface area (Å²) < 4.78 is 16.5. The molecule has 2 aliphatic rings. The van der Waals surface area contributed by atoms with E-state index in [9.17, 15) is 4.79 Å². The van der Waals surface area contributed by atoms with Crippen molar-refractivity contribution in [2.45, 2.75) is 44.4 Å². The van der Waals surface area contributed by atoms with Gasteiger partial charge in [-0.1, -0.05) is 12.1 Å². The van der Waals surface area contributed by atoms with Gasteiger partial charge in [-0.25, -0.2) is 14.8 Å². The Labute approximate surface area is 170 Å². The number of aromatic nitrogens is 2. The molecule has 1 saturated heterocycles. The molecule has 1 aliphatic carbocycles. The van der Waals surface area contributed by atoms with Crippen molar-refractivity contribution < 1.29 is 19.0 Å². The molecule has 0 bridgehead atoms. The molecule has 0 unspecified atom stereocenters. The van der Waals surface area contributed by atoms with E-state index in [0.717, 1.165) is 61.6 Å². The number of nitrogens with zero attached hydrogens (tertiary/aromatic N) is 2. The third-order valence-corrected chi connectivity index (χ3v) is 5.41. The second-order valence-electron chi connectivity index (χ2n) is 7.43. The lowest BCUT2D eigenvalue weighted by atomic mass is 9.90. The summed E-state index contributed by atoms with van der Waals surface area (Å²) in [5, 5.41) is 3.28. The van der Waals surface area contributed by atoms with Crippen molar-refractivity contribution in [1.29, 1.82) is 0 Å². The Morgan fingerprint density at radius 3 is 2.69 bits per heavy atom. The first kappa shape index (κ1) is 19.6. The average Bonchev–Trinajstić information content (AvgIpc) is 3.61. The van der Waals surface area contributed by atoms with Crippen LogP contribution in [0.1, 0.15) is 66.2 Å². The van der Waals surface area contributed by atoms with Gasteiger partial charge in [0.15, 0.2) is 11.5 Å². The van der Waals surface area contributed by atoms with E-state index >= 15 is 0 Å². The Bertz CT molecular complexity index is 876. The molecule has 0 atom stereocenters. The van der Waals surface area contributed by atoms with E-state index < -0.39 is 5.97 Å². The molecule has 7 heteroatoms. The third kappa shape index (κ3) is 4.34. The quantitative estimate of drug-likeness (QED) is 0.702. The van der Waals surface area contributed by atoms with Gasteiger partial charge < -0.3 is 19.5 Å². The molecule has 154 valence electrons. The minimum absolute atomic E-state index is 0.204. The Hall–Kier alpha value is -2.67. The van der Waals surface area contributed by atoms with Gasteiger partial charge in [0, 0.05) is 19.1 Å². The van der Waals surface area contributed by atoms with E-state index in [2.05, 4.69) is 21.4 Å². The standard InChI is InChI=1S/C22H27N3O4/c1-3-29-20-16(14-9-11-28-12-10-14)5-4-6-17(20)25-21-19(22(26)27-2)24-18(13-23-21)15-7-8-15/h4-6,13-15H,3,7-12H2,1-2H3,(H,23,25). The number of esters is 1. The van der Waals surface area contributed by atoms with Crippen LogP contribution in [0, 0.1) is 0 Å². The monoisotopic (exact) mass is 397 g/mol. The lowest BCUT2D eigenvalue weighted by Gasteiger charge is -2.26. The van der Waals surface area contributed by atoms with Crippen LogP contribution in [0.25, 0.3) is 0 Å². The van der Waals surface area contributed by atoms with Gasteiger partial charge in [0.1, 0.15) is 5.75 Å². The predicted molar refractivity (Wildman–Crippen MR) is 109 cm³/mol. The molecule has 1 aliphatic heterocycles.